The van der Waals surface area contributed by atoms with E-state index in [-0.39, 0.29) is 12.4 Å². The van der Waals surface area contributed by atoms with E-state index < -0.39 is 22.0 Å². The van der Waals surface area contributed by atoms with Gasteiger partial charge in [-0.25, -0.2) is 8.42 Å². The highest BCUT2D eigenvalue weighted by molar-refractivity contribution is 7.89. The van der Waals surface area contributed by atoms with Crippen molar-refractivity contribution >= 4 is 16.0 Å². The molecular weight excluding hydrogens is 268 g/mol. The summed E-state index contributed by atoms with van der Waals surface area (Å²) >= 11 is 0. The maximum absolute atomic E-state index is 12.3. The number of hydrogen-bond donors (Lipinski definition) is 1. The Bertz CT molecular complexity index is 395. The van der Waals surface area contributed by atoms with Gasteiger partial charge in [-0.3, -0.25) is 4.79 Å². The highest BCUT2D eigenvalue weighted by atomic mass is 32.2. The van der Waals surface area contributed by atoms with Crippen LogP contribution in [0.1, 0.15) is 27.2 Å². The molecule has 0 aliphatic carbocycles. The van der Waals surface area contributed by atoms with Crippen LogP contribution in [0.15, 0.2) is 0 Å². The molecule has 7 heteroatoms. The van der Waals surface area contributed by atoms with Gasteiger partial charge < -0.3 is 10.1 Å². The maximum atomic E-state index is 12.3. The van der Waals surface area contributed by atoms with E-state index >= 15 is 0 Å². The molecule has 1 aliphatic heterocycles. The molecule has 112 valence electrons. The molecule has 1 aliphatic rings. The number of hydrogen-bond acceptors (Lipinski definition) is 5. The summed E-state index contributed by atoms with van der Waals surface area (Å²) < 4.78 is 30.8. The Balaban J connectivity index is 2.78. The van der Waals surface area contributed by atoms with Crippen LogP contribution >= 0.6 is 0 Å². The van der Waals surface area contributed by atoms with E-state index in [1.54, 1.807) is 6.92 Å². The molecule has 1 atom stereocenters. The third kappa shape index (κ3) is 4.74. The van der Waals surface area contributed by atoms with Crippen LogP contribution in [0, 0.1) is 5.92 Å². The lowest BCUT2D eigenvalue weighted by atomic mass is 10.2. The van der Waals surface area contributed by atoms with E-state index in [9.17, 15) is 13.2 Å². The number of carbonyl (C=O) groups is 1. The van der Waals surface area contributed by atoms with Crippen molar-refractivity contribution in [1.82, 2.24) is 9.62 Å². The lowest BCUT2D eigenvalue weighted by molar-refractivity contribution is -0.148. The second-order valence-corrected chi connectivity index (χ2v) is 7.12. The summed E-state index contributed by atoms with van der Waals surface area (Å²) in [4.78, 5) is 11.8. The first-order valence-electron chi connectivity index (χ1n) is 6.75. The maximum Gasteiger partial charge on any atom is 0.325 e. The quantitative estimate of drug-likeness (QED) is 0.708. The summed E-state index contributed by atoms with van der Waals surface area (Å²) in [5.74, 6) is -0.0674. The van der Waals surface area contributed by atoms with Crippen LogP contribution in [0.4, 0.5) is 0 Å². The van der Waals surface area contributed by atoms with E-state index in [4.69, 9.17) is 4.74 Å². The van der Waals surface area contributed by atoms with Crippen molar-refractivity contribution in [3.05, 3.63) is 0 Å². The van der Waals surface area contributed by atoms with Crippen LogP contribution in [0.5, 0.6) is 0 Å². The summed E-state index contributed by atoms with van der Waals surface area (Å²) in [6.07, 6.45) is 0.599. The second-order valence-electron chi connectivity index (χ2n) is 5.08. The Hall–Kier alpha value is -0.660. The molecule has 0 aromatic rings. The summed E-state index contributed by atoms with van der Waals surface area (Å²) in [5.41, 5.74) is 0. The zero-order chi connectivity index (χ0) is 14.5. The van der Waals surface area contributed by atoms with Crippen LogP contribution in [0.3, 0.4) is 0 Å². The molecule has 0 amide bonds. The van der Waals surface area contributed by atoms with Gasteiger partial charge in [-0.15, -0.1) is 0 Å². The van der Waals surface area contributed by atoms with E-state index in [0.717, 1.165) is 0 Å². The van der Waals surface area contributed by atoms with Crippen molar-refractivity contribution in [2.75, 3.05) is 32.0 Å². The first kappa shape index (κ1) is 16.4. The Morgan fingerprint density at radius 2 is 2.16 bits per heavy atom. The van der Waals surface area contributed by atoms with Gasteiger partial charge in [-0.05, 0) is 19.3 Å². The number of piperazine rings is 1. The van der Waals surface area contributed by atoms with Gasteiger partial charge in [0.05, 0.1) is 12.4 Å². The van der Waals surface area contributed by atoms with Crippen molar-refractivity contribution in [2.45, 2.75) is 33.2 Å². The summed E-state index contributed by atoms with van der Waals surface area (Å²) in [6, 6.07) is -0.731. The Morgan fingerprint density at radius 3 is 2.74 bits per heavy atom. The smallest absolute Gasteiger partial charge is 0.325 e. The first-order chi connectivity index (χ1) is 8.88. The SMILES string of the molecule is CCOC(=O)C1CNCCN1S(=O)(=O)CCC(C)C. The van der Waals surface area contributed by atoms with Gasteiger partial charge in [0.1, 0.15) is 6.04 Å². The van der Waals surface area contributed by atoms with Crippen molar-refractivity contribution < 1.29 is 17.9 Å². The zero-order valence-electron chi connectivity index (χ0n) is 11.9. The fourth-order valence-corrected chi connectivity index (χ4v) is 3.88. The van der Waals surface area contributed by atoms with Gasteiger partial charge >= 0.3 is 5.97 Å². The van der Waals surface area contributed by atoms with Gasteiger partial charge in [0.25, 0.3) is 0 Å². The molecule has 0 aromatic carbocycles. The molecule has 1 rings (SSSR count). The third-order valence-corrected chi connectivity index (χ3v) is 4.97. The lowest BCUT2D eigenvalue weighted by Gasteiger charge is -2.33. The number of sulfonamides is 1. The topological polar surface area (TPSA) is 75.7 Å². The van der Waals surface area contributed by atoms with Crippen LogP contribution in [0.2, 0.25) is 0 Å². The second kappa shape index (κ2) is 7.21. The van der Waals surface area contributed by atoms with E-state index in [0.29, 0.717) is 32.0 Å². The minimum absolute atomic E-state index is 0.0839. The Kier molecular flexibility index (Phi) is 6.22. The lowest BCUT2D eigenvalue weighted by Crippen LogP contribution is -2.57. The average Bonchev–Trinajstić information content (AvgIpc) is 2.37. The highest BCUT2D eigenvalue weighted by Gasteiger charge is 2.37. The van der Waals surface area contributed by atoms with Crippen LogP contribution in [-0.2, 0) is 19.6 Å². The van der Waals surface area contributed by atoms with E-state index in [1.165, 1.54) is 4.31 Å². The molecular formula is C12H24N2O4S. The molecule has 0 spiro atoms. The molecule has 0 radical (unpaired) electrons. The van der Waals surface area contributed by atoms with Crippen molar-refractivity contribution in [3.63, 3.8) is 0 Å². The Morgan fingerprint density at radius 1 is 1.47 bits per heavy atom. The van der Waals surface area contributed by atoms with Crippen LogP contribution < -0.4 is 5.32 Å². The van der Waals surface area contributed by atoms with Crippen LogP contribution in [-0.4, -0.2) is 56.7 Å². The molecule has 1 saturated heterocycles. The number of ether oxygens (including phenoxy) is 1. The Labute approximate surface area is 115 Å². The van der Waals surface area contributed by atoms with E-state index in [1.807, 2.05) is 13.8 Å². The molecule has 0 aromatic heterocycles. The van der Waals surface area contributed by atoms with E-state index in [2.05, 4.69) is 5.32 Å². The molecule has 1 N–H and O–H groups in total. The fraction of sp³-hybridized carbons (Fsp3) is 0.917. The minimum Gasteiger partial charge on any atom is -0.465 e. The number of carbonyl (C=O) groups excluding carboxylic acids is 1. The molecule has 6 nitrogen and oxygen atoms in total. The zero-order valence-corrected chi connectivity index (χ0v) is 12.7. The molecule has 0 bridgehead atoms. The molecule has 1 fully saturated rings. The predicted molar refractivity (Wildman–Crippen MR) is 73.2 cm³/mol. The van der Waals surface area contributed by atoms with Crippen LogP contribution in [0.25, 0.3) is 0 Å². The number of nitrogens with zero attached hydrogens (tertiary/aromatic N) is 1. The standard InChI is InChI=1S/C12H24N2O4S/c1-4-18-12(15)11-9-13-6-7-14(11)19(16,17)8-5-10(2)3/h10-11,13H,4-9H2,1-3H3. The third-order valence-electron chi connectivity index (χ3n) is 3.06. The largest absolute Gasteiger partial charge is 0.465 e. The highest BCUT2D eigenvalue weighted by Crippen LogP contribution is 2.14. The predicted octanol–water partition coefficient (Wildman–Crippen LogP) is 0.199. The fourth-order valence-electron chi connectivity index (χ4n) is 1.96. The summed E-state index contributed by atoms with van der Waals surface area (Å²) in [7, 11) is -3.40. The van der Waals surface area contributed by atoms with Crippen molar-refractivity contribution in [3.8, 4) is 0 Å². The van der Waals surface area contributed by atoms with Gasteiger partial charge in [-0.1, -0.05) is 13.8 Å². The number of rotatable bonds is 6. The monoisotopic (exact) mass is 292 g/mol. The average molecular weight is 292 g/mol. The molecule has 0 saturated carbocycles. The summed E-state index contributed by atoms with van der Waals surface area (Å²) in [6.45, 7) is 7.15. The number of esters is 1. The van der Waals surface area contributed by atoms with Crippen molar-refractivity contribution in [1.29, 1.82) is 0 Å². The van der Waals surface area contributed by atoms with Gasteiger partial charge in [0.15, 0.2) is 0 Å². The molecule has 19 heavy (non-hydrogen) atoms. The van der Waals surface area contributed by atoms with Gasteiger partial charge in [0.2, 0.25) is 10.0 Å². The van der Waals surface area contributed by atoms with Gasteiger partial charge in [-0.2, -0.15) is 4.31 Å². The van der Waals surface area contributed by atoms with Crippen molar-refractivity contribution in [2.24, 2.45) is 5.92 Å². The van der Waals surface area contributed by atoms with Gasteiger partial charge in [0, 0.05) is 19.6 Å². The molecule has 1 unspecified atom stereocenters. The number of nitrogens with one attached hydrogen (secondary N) is 1. The molecule has 1 heterocycles. The summed E-state index contributed by atoms with van der Waals surface area (Å²) in [5, 5.41) is 3.03. The normalized spacial score (nSPS) is 21.6. The minimum atomic E-state index is -3.40. The first-order valence-corrected chi connectivity index (χ1v) is 8.36.